The average molecular weight is 295 g/mol. The van der Waals surface area contributed by atoms with Crippen molar-refractivity contribution in [3.63, 3.8) is 0 Å². The van der Waals surface area contributed by atoms with E-state index >= 15 is 0 Å². The number of nitrogens with two attached hydrogens (primary N) is 2. The lowest BCUT2D eigenvalue weighted by Gasteiger charge is -2.07. The lowest BCUT2D eigenvalue weighted by Crippen LogP contribution is -2.18. The van der Waals surface area contributed by atoms with E-state index in [4.69, 9.17) is 10.9 Å². The lowest BCUT2D eigenvalue weighted by molar-refractivity contribution is 0.101. The van der Waals surface area contributed by atoms with Crippen LogP contribution in [-0.2, 0) is 17.1 Å². The second-order valence-corrected chi connectivity index (χ2v) is 5.66. The number of nitrogens with zero attached hydrogens (tertiary/aromatic N) is 2. The van der Waals surface area contributed by atoms with Crippen LogP contribution in [-0.4, -0.2) is 24.1 Å². The predicted octanol–water partition coefficient (Wildman–Crippen LogP) is -0.0980. The summed E-state index contributed by atoms with van der Waals surface area (Å²) in [6.45, 7) is 0. The molecule has 0 saturated heterocycles. The van der Waals surface area contributed by atoms with E-state index in [0.29, 0.717) is 5.69 Å². The third kappa shape index (κ3) is 2.78. The van der Waals surface area contributed by atoms with Crippen LogP contribution in [0.15, 0.2) is 35.4 Å². The molecule has 0 aliphatic heterocycles. The summed E-state index contributed by atoms with van der Waals surface area (Å²) in [6, 6.07) is 5.62. The number of aromatic nitrogens is 2. The molecule has 0 radical (unpaired) electrons. The van der Waals surface area contributed by atoms with Gasteiger partial charge in [-0.25, -0.2) is 13.6 Å². The van der Waals surface area contributed by atoms with Crippen LogP contribution in [0.4, 0.5) is 11.4 Å². The van der Waals surface area contributed by atoms with Gasteiger partial charge in [0, 0.05) is 12.7 Å². The first-order valence-corrected chi connectivity index (χ1v) is 7.05. The first-order valence-electron chi connectivity index (χ1n) is 5.51. The number of hydrogen-bond acceptors (Lipinski definition) is 5. The summed E-state index contributed by atoms with van der Waals surface area (Å²) in [5, 5.41) is 11.4. The molecule has 0 unspecified atom stereocenters. The van der Waals surface area contributed by atoms with Gasteiger partial charge in [0.05, 0.1) is 16.8 Å². The smallest absolute Gasteiger partial charge is 0.276 e. The molecular formula is C11H13N5O3S. The van der Waals surface area contributed by atoms with Crippen molar-refractivity contribution in [2.24, 2.45) is 12.2 Å². The normalized spacial score (nSPS) is 11.3. The van der Waals surface area contributed by atoms with Gasteiger partial charge < -0.3 is 11.1 Å². The molecule has 106 valence electrons. The van der Waals surface area contributed by atoms with E-state index in [1.165, 1.54) is 29.1 Å². The van der Waals surface area contributed by atoms with Crippen LogP contribution in [0.5, 0.6) is 0 Å². The van der Waals surface area contributed by atoms with Crippen LogP contribution in [0.2, 0.25) is 0 Å². The van der Waals surface area contributed by atoms with E-state index < -0.39 is 15.9 Å². The number of hydrogen-bond donors (Lipinski definition) is 3. The topological polar surface area (TPSA) is 133 Å². The summed E-state index contributed by atoms with van der Waals surface area (Å²) in [6.07, 6.45) is 1.36. The van der Waals surface area contributed by atoms with E-state index in [0.717, 1.165) is 0 Å². The second kappa shape index (κ2) is 4.94. The van der Waals surface area contributed by atoms with Crippen molar-refractivity contribution in [1.29, 1.82) is 0 Å². The summed E-state index contributed by atoms with van der Waals surface area (Å²) in [4.78, 5) is 12.0. The van der Waals surface area contributed by atoms with Gasteiger partial charge in [0.15, 0.2) is 0 Å². The van der Waals surface area contributed by atoms with Gasteiger partial charge in [0.1, 0.15) is 5.69 Å². The fourth-order valence-corrected chi connectivity index (χ4v) is 2.23. The highest BCUT2D eigenvalue weighted by Crippen LogP contribution is 2.16. The molecule has 1 aromatic carbocycles. The van der Waals surface area contributed by atoms with E-state index in [2.05, 4.69) is 10.4 Å². The number of sulfonamides is 1. The minimum Gasteiger partial charge on any atom is -0.396 e. The molecule has 0 spiro atoms. The van der Waals surface area contributed by atoms with Crippen molar-refractivity contribution in [2.45, 2.75) is 4.90 Å². The maximum Gasteiger partial charge on any atom is 0.276 e. The van der Waals surface area contributed by atoms with Gasteiger partial charge in [-0.2, -0.15) is 5.10 Å². The maximum absolute atomic E-state index is 12.0. The Morgan fingerprint density at radius 2 is 2.10 bits per heavy atom. The van der Waals surface area contributed by atoms with Crippen LogP contribution in [0, 0.1) is 0 Å². The van der Waals surface area contributed by atoms with Crippen molar-refractivity contribution >= 4 is 27.3 Å². The molecule has 9 heteroatoms. The first kappa shape index (κ1) is 14.0. The van der Waals surface area contributed by atoms with Crippen LogP contribution in [0.1, 0.15) is 10.5 Å². The number of primary sulfonamides is 1. The summed E-state index contributed by atoms with van der Waals surface area (Å²) >= 11 is 0. The van der Waals surface area contributed by atoms with Crippen LogP contribution in [0.25, 0.3) is 0 Å². The molecule has 1 aromatic heterocycles. The summed E-state index contributed by atoms with van der Waals surface area (Å²) in [7, 11) is -2.25. The molecule has 0 bridgehead atoms. The Balaban J connectivity index is 2.29. The number of anilines is 2. The van der Waals surface area contributed by atoms with Crippen LogP contribution in [0.3, 0.4) is 0 Å². The third-order valence-electron chi connectivity index (χ3n) is 2.60. The maximum atomic E-state index is 12.0. The Hall–Kier alpha value is -2.39. The van der Waals surface area contributed by atoms with Gasteiger partial charge in [0.25, 0.3) is 5.91 Å². The van der Waals surface area contributed by atoms with Gasteiger partial charge in [-0.3, -0.25) is 9.48 Å². The van der Waals surface area contributed by atoms with Crippen LogP contribution >= 0.6 is 0 Å². The highest BCUT2D eigenvalue weighted by Gasteiger charge is 2.16. The van der Waals surface area contributed by atoms with Gasteiger partial charge in [-0.15, -0.1) is 0 Å². The zero-order valence-electron chi connectivity index (χ0n) is 10.6. The standard InChI is InChI=1S/C11H13N5O3S/c1-16-10(9(12)6-14-16)11(17)15-7-3-2-4-8(5-7)20(13,18)19/h2-6H,12H2,1H3,(H,15,17)(H2,13,18,19). The van der Waals surface area contributed by atoms with E-state index in [-0.39, 0.29) is 16.3 Å². The Morgan fingerprint density at radius 3 is 2.65 bits per heavy atom. The predicted molar refractivity (Wildman–Crippen MR) is 73.4 cm³/mol. The number of benzene rings is 1. The molecule has 8 nitrogen and oxygen atoms in total. The van der Waals surface area contributed by atoms with E-state index in [9.17, 15) is 13.2 Å². The molecule has 0 fully saturated rings. The van der Waals surface area contributed by atoms with Gasteiger partial charge in [-0.1, -0.05) is 6.07 Å². The summed E-state index contributed by atoms with van der Waals surface area (Å²) in [5.74, 6) is -0.492. The fraction of sp³-hybridized carbons (Fsp3) is 0.0909. The van der Waals surface area contributed by atoms with Crippen molar-refractivity contribution in [3.8, 4) is 0 Å². The number of nitrogen functional groups attached to an aromatic ring is 1. The monoisotopic (exact) mass is 295 g/mol. The molecule has 0 aliphatic carbocycles. The molecule has 2 rings (SSSR count). The van der Waals surface area contributed by atoms with Crippen molar-refractivity contribution < 1.29 is 13.2 Å². The number of carbonyl (C=O) groups is 1. The highest BCUT2D eigenvalue weighted by atomic mass is 32.2. The van der Waals surface area contributed by atoms with E-state index in [1.807, 2.05) is 0 Å². The average Bonchev–Trinajstić information content (AvgIpc) is 2.68. The number of rotatable bonds is 3. The van der Waals surface area contributed by atoms with Crippen molar-refractivity contribution in [3.05, 3.63) is 36.2 Å². The first-order chi connectivity index (χ1) is 9.29. The second-order valence-electron chi connectivity index (χ2n) is 4.10. The van der Waals surface area contributed by atoms with Gasteiger partial charge in [0.2, 0.25) is 10.0 Å². The Morgan fingerprint density at radius 1 is 1.40 bits per heavy atom. The Bertz CT molecular complexity index is 747. The quantitative estimate of drug-likeness (QED) is 0.727. The highest BCUT2D eigenvalue weighted by molar-refractivity contribution is 7.89. The SMILES string of the molecule is Cn1ncc(N)c1C(=O)Nc1cccc(S(N)(=O)=O)c1. The third-order valence-corrected chi connectivity index (χ3v) is 3.51. The number of amides is 1. The molecule has 2 aromatic rings. The Kier molecular flexibility index (Phi) is 3.47. The molecule has 5 N–H and O–H groups in total. The largest absolute Gasteiger partial charge is 0.396 e. The van der Waals surface area contributed by atoms with Crippen molar-refractivity contribution in [1.82, 2.24) is 9.78 Å². The van der Waals surface area contributed by atoms with Crippen LogP contribution < -0.4 is 16.2 Å². The zero-order chi connectivity index (χ0) is 14.9. The number of carbonyl (C=O) groups excluding carboxylic acids is 1. The number of aryl methyl sites for hydroxylation is 1. The summed E-state index contributed by atoms with van der Waals surface area (Å²) < 4.78 is 23.8. The van der Waals surface area contributed by atoms with Gasteiger partial charge in [-0.05, 0) is 18.2 Å². The number of nitrogens with one attached hydrogen (secondary N) is 1. The van der Waals surface area contributed by atoms with Gasteiger partial charge >= 0.3 is 0 Å². The fourth-order valence-electron chi connectivity index (χ4n) is 1.67. The Labute approximate surface area is 115 Å². The minimum absolute atomic E-state index is 0.0896. The minimum atomic E-state index is -3.82. The molecule has 0 aliphatic rings. The molecule has 0 atom stereocenters. The summed E-state index contributed by atoms with van der Waals surface area (Å²) in [5.41, 5.74) is 6.34. The zero-order valence-corrected chi connectivity index (χ0v) is 11.4. The lowest BCUT2D eigenvalue weighted by atomic mass is 10.3. The molecule has 20 heavy (non-hydrogen) atoms. The molecule has 0 saturated carbocycles. The molecular weight excluding hydrogens is 282 g/mol. The van der Waals surface area contributed by atoms with E-state index in [1.54, 1.807) is 13.1 Å². The van der Waals surface area contributed by atoms with Crippen molar-refractivity contribution in [2.75, 3.05) is 11.1 Å². The molecule has 1 heterocycles. The molecule has 1 amide bonds.